The lowest BCUT2D eigenvalue weighted by molar-refractivity contribution is -0.140. The van der Waals surface area contributed by atoms with Gasteiger partial charge in [0, 0.05) is 11.1 Å². The summed E-state index contributed by atoms with van der Waals surface area (Å²) in [6.45, 7) is 0.190. The number of benzene rings is 3. The van der Waals surface area contributed by atoms with Gasteiger partial charge in [-0.05, 0) is 42.2 Å². The molecule has 3 aromatic rings. The van der Waals surface area contributed by atoms with E-state index in [0.29, 0.717) is 29.7 Å². The molecule has 2 aliphatic rings. The molecule has 150 valence electrons. The van der Waals surface area contributed by atoms with Crippen LogP contribution in [0.25, 0.3) is 0 Å². The fraction of sp³-hybridized carbons (Fsp3) is 0.200. The van der Waals surface area contributed by atoms with Crippen molar-refractivity contribution in [1.29, 1.82) is 0 Å². The number of anilines is 1. The number of ketones is 1. The Labute approximate surface area is 173 Å². The van der Waals surface area contributed by atoms with E-state index in [1.165, 1.54) is 17.0 Å². The Bertz CT molecular complexity index is 1160. The molecular formula is C25H20FNO3. The van der Waals surface area contributed by atoms with Crippen LogP contribution in [0.2, 0.25) is 0 Å². The molecule has 1 N–H and O–H groups in total. The number of fused-ring (bicyclic) bond motifs is 2. The molecule has 3 aromatic carbocycles. The molecule has 0 bridgehead atoms. The summed E-state index contributed by atoms with van der Waals surface area (Å²) in [5, 5.41) is 11.8. The molecule has 0 saturated carbocycles. The highest BCUT2D eigenvalue weighted by Crippen LogP contribution is 2.48. The summed E-state index contributed by atoms with van der Waals surface area (Å²) in [6, 6.07) is 20.3. The molecule has 5 heteroatoms. The molecule has 5 rings (SSSR count). The number of Topliss-reactive ketones (excluding diaryl/α,β-unsaturated/α-hetero) is 1. The lowest BCUT2D eigenvalue weighted by Gasteiger charge is -2.34. The van der Waals surface area contributed by atoms with Crippen LogP contribution in [0.15, 0.2) is 72.8 Å². The first-order chi connectivity index (χ1) is 14.5. The zero-order chi connectivity index (χ0) is 20.9. The van der Waals surface area contributed by atoms with E-state index in [1.54, 1.807) is 48.5 Å². The number of amides is 1. The summed E-state index contributed by atoms with van der Waals surface area (Å²) in [7, 11) is 0. The Hall–Kier alpha value is -3.31. The van der Waals surface area contributed by atoms with Crippen LogP contribution in [0.4, 0.5) is 10.1 Å². The van der Waals surface area contributed by atoms with Crippen LogP contribution in [0.5, 0.6) is 0 Å². The highest BCUT2D eigenvalue weighted by molar-refractivity contribution is 6.12. The van der Waals surface area contributed by atoms with Gasteiger partial charge in [-0.25, -0.2) is 4.39 Å². The van der Waals surface area contributed by atoms with E-state index in [4.69, 9.17) is 0 Å². The maximum atomic E-state index is 13.6. The minimum absolute atomic E-state index is 0.190. The van der Waals surface area contributed by atoms with Crippen LogP contribution in [0.1, 0.15) is 33.5 Å². The van der Waals surface area contributed by atoms with E-state index in [-0.39, 0.29) is 18.1 Å². The number of hydrogen-bond acceptors (Lipinski definition) is 3. The monoisotopic (exact) mass is 401 g/mol. The quantitative estimate of drug-likeness (QED) is 0.722. The third kappa shape index (κ3) is 2.70. The van der Waals surface area contributed by atoms with Gasteiger partial charge in [-0.1, -0.05) is 54.6 Å². The van der Waals surface area contributed by atoms with Gasteiger partial charge >= 0.3 is 0 Å². The van der Waals surface area contributed by atoms with Gasteiger partial charge in [0.1, 0.15) is 5.82 Å². The van der Waals surface area contributed by atoms with Crippen molar-refractivity contribution >= 4 is 17.4 Å². The maximum Gasteiger partial charge on any atom is 0.264 e. The average molecular weight is 401 g/mol. The topological polar surface area (TPSA) is 57.6 Å². The number of aryl methyl sites for hydroxylation is 1. The van der Waals surface area contributed by atoms with E-state index in [9.17, 15) is 19.1 Å². The third-order valence-corrected chi connectivity index (χ3v) is 6.24. The first kappa shape index (κ1) is 18.7. The predicted molar refractivity (Wildman–Crippen MR) is 111 cm³/mol. The summed E-state index contributed by atoms with van der Waals surface area (Å²) < 4.78 is 13.3. The summed E-state index contributed by atoms with van der Waals surface area (Å²) in [6.07, 6.45) is 1.03. The van der Waals surface area contributed by atoms with Gasteiger partial charge < -0.3 is 10.0 Å². The second-order valence-electron chi connectivity index (χ2n) is 7.91. The molecule has 0 fully saturated rings. The number of hydrogen-bond donors (Lipinski definition) is 1. The van der Waals surface area contributed by atoms with Gasteiger partial charge in [-0.2, -0.15) is 0 Å². The number of para-hydroxylation sites is 1. The van der Waals surface area contributed by atoms with Gasteiger partial charge in [0.25, 0.3) is 5.91 Å². The lowest BCUT2D eigenvalue weighted by Crippen LogP contribution is -2.49. The zero-order valence-corrected chi connectivity index (χ0v) is 16.2. The Morgan fingerprint density at radius 3 is 2.47 bits per heavy atom. The fourth-order valence-corrected chi connectivity index (χ4v) is 4.72. The SMILES string of the molecule is O=C1c2ccccc2CC[C@H]1[C@@]1(O)C(=O)N(Cc2ccc(F)cc2)c2ccccc21. The number of halogens is 1. The first-order valence-electron chi connectivity index (χ1n) is 10.0. The van der Waals surface area contributed by atoms with Crippen LogP contribution in [-0.2, 0) is 23.4 Å². The molecule has 30 heavy (non-hydrogen) atoms. The van der Waals surface area contributed by atoms with Crippen molar-refractivity contribution in [3.8, 4) is 0 Å². The summed E-state index contributed by atoms with van der Waals surface area (Å²) in [5.74, 6) is -1.91. The molecule has 0 saturated heterocycles. The molecule has 0 aromatic heterocycles. The standard InChI is InChI=1S/C25H20FNO3/c26-18-12-9-16(10-13-18)15-27-22-8-4-3-7-20(22)25(30,24(27)29)21-14-11-17-5-1-2-6-19(17)23(21)28/h1-10,12-13,21,30H,11,14-15H2/t21-,25-/m1/s1. The van der Waals surface area contributed by atoms with Gasteiger partial charge in [0.2, 0.25) is 0 Å². The van der Waals surface area contributed by atoms with Crippen molar-refractivity contribution in [2.45, 2.75) is 25.0 Å². The molecule has 1 aliphatic heterocycles. The maximum absolute atomic E-state index is 13.6. The smallest absolute Gasteiger partial charge is 0.264 e. The molecule has 1 heterocycles. The van der Waals surface area contributed by atoms with Crippen LogP contribution in [0, 0.1) is 11.7 Å². The van der Waals surface area contributed by atoms with E-state index in [0.717, 1.165) is 11.1 Å². The van der Waals surface area contributed by atoms with Crippen molar-refractivity contribution < 1.29 is 19.1 Å². The summed E-state index contributed by atoms with van der Waals surface area (Å²) in [5.41, 5.74) is 1.38. The van der Waals surface area contributed by atoms with Crippen molar-refractivity contribution in [3.05, 3.63) is 101 Å². The van der Waals surface area contributed by atoms with Gasteiger partial charge in [-0.3, -0.25) is 9.59 Å². The normalized spacial score (nSPS) is 22.7. The Morgan fingerprint density at radius 2 is 1.67 bits per heavy atom. The van der Waals surface area contributed by atoms with Gasteiger partial charge in [0.05, 0.1) is 18.2 Å². The Balaban J connectivity index is 1.56. The zero-order valence-electron chi connectivity index (χ0n) is 16.2. The van der Waals surface area contributed by atoms with Crippen LogP contribution in [0.3, 0.4) is 0 Å². The largest absolute Gasteiger partial charge is 0.375 e. The number of nitrogens with zero attached hydrogens (tertiary/aromatic N) is 1. The van der Waals surface area contributed by atoms with Crippen molar-refractivity contribution in [2.75, 3.05) is 4.90 Å². The number of rotatable bonds is 3. The molecule has 0 spiro atoms. The fourth-order valence-electron chi connectivity index (χ4n) is 4.72. The van der Waals surface area contributed by atoms with E-state index < -0.39 is 17.4 Å². The molecular weight excluding hydrogens is 381 g/mol. The molecule has 1 aliphatic carbocycles. The van der Waals surface area contributed by atoms with Crippen molar-refractivity contribution in [1.82, 2.24) is 0 Å². The number of aliphatic hydroxyl groups is 1. The summed E-state index contributed by atoms with van der Waals surface area (Å²) in [4.78, 5) is 28.4. The van der Waals surface area contributed by atoms with Crippen molar-refractivity contribution in [2.24, 2.45) is 5.92 Å². The lowest BCUT2D eigenvalue weighted by atomic mass is 9.71. The van der Waals surface area contributed by atoms with E-state index in [2.05, 4.69) is 0 Å². The minimum Gasteiger partial charge on any atom is -0.375 e. The average Bonchev–Trinajstić information content (AvgIpc) is 2.98. The van der Waals surface area contributed by atoms with Crippen LogP contribution < -0.4 is 4.90 Å². The molecule has 2 atom stereocenters. The van der Waals surface area contributed by atoms with Crippen molar-refractivity contribution in [3.63, 3.8) is 0 Å². The number of carbonyl (C=O) groups excluding carboxylic acids is 2. The Morgan fingerprint density at radius 1 is 0.967 bits per heavy atom. The molecule has 1 amide bonds. The highest BCUT2D eigenvalue weighted by Gasteiger charge is 2.57. The van der Waals surface area contributed by atoms with Crippen LogP contribution in [-0.4, -0.2) is 16.8 Å². The molecule has 4 nitrogen and oxygen atoms in total. The summed E-state index contributed by atoms with van der Waals surface area (Å²) >= 11 is 0. The van der Waals surface area contributed by atoms with Crippen LogP contribution >= 0.6 is 0 Å². The third-order valence-electron chi connectivity index (χ3n) is 6.24. The Kier molecular flexibility index (Phi) is 4.29. The predicted octanol–water partition coefficient (Wildman–Crippen LogP) is 4.01. The second kappa shape index (κ2) is 6.89. The van der Waals surface area contributed by atoms with E-state index in [1.807, 2.05) is 12.1 Å². The first-order valence-corrected chi connectivity index (χ1v) is 10.0. The van der Waals surface area contributed by atoms with E-state index >= 15 is 0 Å². The molecule has 0 unspecified atom stereocenters. The molecule has 0 radical (unpaired) electrons. The van der Waals surface area contributed by atoms with Gasteiger partial charge in [-0.15, -0.1) is 0 Å². The minimum atomic E-state index is -1.92. The number of carbonyl (C=O) groups is 2. The second-order valence-corrected chi connectivity index (χ2v) is 7.91. The van der Waals surface area contributed by atoms with Gasteiger partial charge in [0.15, 0.2) is 11.4 Å². The highest BCUT2D eigenvalue weighted by atomic mass is 19.1.